The van der Waals surface area contributed by atoms with Gasteiger partial charge in [-0.1, -0.05) is 0 Å². The molecule has 0 aromatic heterocycles. The fourth-order valence-electron chi connectivity index (χ4n) is 1.49. The van der Waals surface area contributed by atoms with Gasteiger partial charge in [-0.25, -0.2) is 5.01 Å². The summed E-state index contributed by atoms with van der Waals surface area (Å²) in [4.78, 5) is 21.8. The first-order valence-corrected chi connectivity index (χ1v) is 5.65. The van der Waals surface area contributed by atoms with Crippen LogP contribution in [0.1, 0.15) is 12.8 Å². The maximum absolute atomic E-state index is 11.5. The number of hydrogen-bond acceptors (Lipinski definition) is 6. The Morgan fingerprint density at radius 2 is 2.06 bits per heavy atom. The molecule has 1 amide bonds. The highest BCUT2D eigenvalue weighted by molar-refractivity contribution is 5.76. The SMILES string of the molecule is CNC[C@H](O)C[C@@H](N)CC(=O)NN(C)CC(=O)O. The van der Waals surface area contributed by atoms with Crippen LogP contribution in [-0.4, -0.2) is 66.4 Å². The molecule has 0 heterocycles. The number of carbonyl (C=O) groups excluding carboxylic acids is 1. The molecule has 6 N–H and O–H groups in total. The molecule has 2 atom stereocenters. The predicted molar refractivity (Wildman–Crippen MR) is 65.6 cm³/mol. The first-order valence-electron chi connectivity index (χ1n) is 5.65. The van der Waals surface area contributed by atoms with Gasteiger partial charge in [0.25, 0.3) is 0 Å². The number of nitrogens with one attached hydrogen (secondary N) is 2. The summed E-state index contributed by atoms with van der Waals surface area (Å²) in [6, 6.07) is -0.466. The zero-order valence-electron chi connectivity index (χ0n) is 10.7. The van der Waals surface area contributed by atoms with Crippen LogP contribution >= 0.6 is 0 Å². The van der Waals surface area contributed by atoms with E-state index in [1.807, 2.05) is 0 Å². The number of aliphatic hydroxyl groups excluding tert-OH is 1. The lowest BCUT2D eigenvalue weighted by molar-refractivity contribution is -0.139. The van der Waals surface area contributed by atoms with Crippen molar-refractivity contribution in [3.8, 4) is 0 Å². The normalized spacial score (nSPS) is 14.3. The lowest BCUT2D eigenvalue weighted by Crippen LogP contribution is -2.44. The van der Waals surface area contributed by atoms with Crippen LogP contribution in [0, 0.1) is 0 Å². The lowest BCUT2D eigenvalue weighted by atomic mass is 10.1. The molecule has 106 valence electrons. The number of carboxylic acids is 1. The van der Waals surface area contributed by atoms with E-state index in [4.69, 9.17) is 10.8 Å². The second-order valence-electron chi connectivity index (χ2n) is 4.20. The summed E-state index contributed by atoms with van der Waals surface area (Å²) in [6.45, 7) is 0.123. The third kappa shape index (κ3) is 8.88. The zero-order valence-corrected chi connectivity index (χ0v) is 10.7. The summed E-state index contributed by atoms with van der Waals surface area (Å²) in [5, 5.41) is 21.9. The molecule has 0 fully saturated rings. The smallest absolute Gasteiger partial charge is 0.319 e. The molecular weight excluding hydrogens is 240 g/mol. The van der Waals surface area contributed by atoms with Gasteiger partial charge in [-0.05, 0) is 13.5 Å². The van der Waals surface area contributed by atoms with Crippen molar-refractivity contribution >= 4 is 11.9 Å². The van der Waals surface area contributed by atoms with Crippen molar-refractivity contribution in [2.75, 3.05) is 27.2 Å². The molecule has 18 heavy (non-hydrogen) atoms. The third-order valence-electron chi connectivity index (χ3n) is 2.15. The highest BCUT2D eigenvalue weighted by Crippen LogP contribution is 1.99. The number of aliphatic hydroxyl groups is 1. The number of hydrogen-bond donors (Lipinski definition) is 5. The number of aliphatic carboxylic acids is 1. The molecule has 0 saturated heterocycles. The molecule has 8 nitrogen and oxygen atoms in total. The molecule has 0 rings (SSSR count). The molecule has 0 aliphatic heterocycles. The van der Waals surface area contributed by atoms with E-state index < -0.39 is 18.1 Å². The Labute approximate surface area is 106 Å². The number of carbonyl (C=O) groups is 2. The van der Waals surface area contributed by atoms with Gasteiger partial charge >= 0.3 is 5.97 Å². The van der Waals surface area contributed by atoms with Crippen molar-refractivity contribution in [1.82, 2.24) is 15.8 Å². The monoisotopic (exact) mass is 262 g/mol. The highest BCUT2D eigenvalue weighted by Gasteiger charge is 2.15. The molecule has 0 saturated carbocycles. The number of nitrogens with two attached hydrogens (primary N) is 1. The molecule has 0 spiro atoms. The molecule has 0 unspecified atom stereocenters. The Morgan fingerprint density at radius 1 is 1.44 bits per heavy atom. The topological polar surface area (TPSA) is 128 Å². The average Bonchev–Trinajstić information content (AvgIpc) is 2.14. The second-order valence-corrected chi connectivity index (χ2v) is 4.20. The van der Waals surface area contributed by atoms with Crippen molar-refractivity contribution in [1.29, 1.82) is 0 Å². The van der Waals surface area contributed by atoms with E-state index in [9.17, 15) is 14.7 Å². The second kappa shape index (κ2) is 8.81. The third-order valence-corrected chi connectivity index (χ3v) is 2.15. The fraction of sp³-hybridized carbons (Fsp3) is 0.800. The number of rotatable bonds is 9. The minimum atomic E-state index is -1.04. The van der Waals surface area contributed by atoms with Crippen LogP contribution in [0.15, 0.2) is 0 Å². The Morgan fingerprint density at radius 3 is 2.56 bits per heavy atom. The maximum Gasteiger partial charge on any atom is 0.319 e. The van der Waals surface area contributed by atoms with Crippen LogP contribution in [0.4, 0.5) is 0 Å². The molecule has 0 aliphatic rings. The number of carboxylic acid groups (broad SMARTS) is 1. The number of hydrazine groups is 1. The van der Waals surface area contributed by atoms with Gasteiger partial charge in [-0.2, -0.15) is 0 Å². The summed E-state index contributed by atoms with van der Waals surface area (Å²) in [5.74, 6) is -1.41. The van der Waals surface area contributed by atoms with Gasteiger partial charge in [-0.3, -0.25) is 15.0 Å². The van der Waals surface area contributed by atoms with Crippen LogP contribution < -0.4 is 16.5 Å². The van der Waals surface area contributed by atoms with Crippen LogP contribution in [0.2, 0.25) is 0 Å². The predicted octanol–water partition coefficient (Wildman–Crippen LogP) is -2.28. The Balaban J connectivity index is 3.89. The maximum atomic E-state index is 11.5. The largest absolute Gasteiger partial charge is 0.480 e. The molecule has 0 aliphatic carbocycles. The molecule has 8 heteroatoms. The molecule has 0 bridgehead atoms. The van der Waals surface area contributed by atoms with E-state index in [1.54, 1.807) is 7.05 Å². The first kappa shape index (κ1) is 16.8. The Hall–Kier alpha value is -1.22. The van der Waals surface area contributed by atoms with Crippen LogP contribution in [0.3, 0.4) is 0 Å². The van der Waals surface area contributed by atoms with Gasteiger partial charge in [-0.15, -0.1) is 0 Å². The average molecular weight is 262 g/mol. The van der Waals surface area contributed by atoms with E-state index in [0.717, 1.165) is 0 Å². The van der Waals surface area contributed by atoms with Gasteiger partial charge in [0.15, 0.2) is 0 Å². The summed E-state index contributed by atoms with van der Waals surface area (Å²) in [7, 11) is 3.16. The molecular formula is C10H22N4O4. The van der Waals surface area contributed by atoms with Crippen LogP contribution in [0.25, 0.3) is 0 Å². The summed E-state index contributed by atoms with van der Waals surface area (Å²) < 4.78 is 0. The number of likely N-dealkylation sites (N-methyl/N-ethyl adjacent to an activating group) is 2. The van der Waals surface area contributed by atoms with Crippen molar-refractivity contribution < 1.29 is 19.8 Å². The molecule has 0 aromatic carbocycles. The Bertz CT molecular complexity index is 275. The summed E-state index contributed by atoms with van der Waals surface area (Å²) >= 11 is 0. The Kier molecular flexibility index (Phi) is 8.21. The summed E-state index contributed by atoms with van der Waals surface area (Å²) in [6.07, 6.45) is -0.267. The molecule has 0 aromatic rings. The number of amides is 1. The van der Waals surface area contributed by atoms with Gasteiger partial charge in [0.05, 0.1) is 6.10 Å². The lowest BCUT2D eigenvalue weighted by Gasteiger charge is -2.19. The van der Waals surface area contributed by atoms with E-state index >= 15 is 0 Å². The fourth-order valence-corrected chi connectivity index (χ4v) is 1.49. The van der Waals surface area contributed by atoms with Gasteiger partial charge < -0.3 is 21.3 Å². The minimum absolute atomic E-state index is 0.0325. The number of nitrogens with zero attached hydrogens (tertiary/aromatic N) is 1. The van der Waals surface area contributed by atoms with Crippen molar-refractivity contribution in [2.24, 2.45) is 5.73 Å². The first-order chi connectivity index (χ1) is 8.35. The quantitative estimate of drug-likeness (QED) is 0.296. The van der Waals surface area contributed by atoms with Crippen molar-refractivity contribution in [3.63, 3.8) is 0 Å². The van der Waals surface area contributed by atoms with E-state index in [1.165, 1.54) is 12.1 Å². The van der Waals surface area contributed by atoms with E-state index in [-0.39, 0.29) is 18.9 Å². The van der Waals surface area contributed by atoms with E-state index in [0.29, 0.717) is 13.0 Å². The highest BCUT2D eigenvalue weighted by atomic mass is 16.4. The zero-order chi connectivity index (χ0) is 14.1. The van der Waals surface area contributed by atoms with Crippen molar-refractivity contribution in [3.05, 3.63) is 0 Å². The standard InChI is InChI=1S/C10H22N4O4/c1-12-5-8(15)3-7(11)4-9(16)13-14(2)6-10(17)18/h7-8,12,15H,3-6,11H2,1-2H3,(H,13,16)(H,17,18)/t7-,8-/m1/s1. The van der Waals surface area contributed by atoms with E-state index in [2.05, 4.69) is 10.7 Å². The van der Waals surface area contributed by atoms with Crippen molar-refractivity contribution in [2.45, 2.75) is 25.0 Å². The van der Waals surface area contributed by atoms with Gasteiger partial charge in [0, 0.05) is 26.1 Å². The van der Waals surface area contributed by atoms with Crippen LogP contribution in [0.5, 0.6) is 0 Å². The van der Waals surface area contributed by atoms with Gasteiger partial charge in [0.2, 0.25) is 5.91 Å². The summed E-state index contributed by atoms with van der Waals surface area (Å²) in [5.41, 5.74) is 8.08. The van der Waals surface area contributed by atoms with Gasteiger partial charge in [0.1, 0.15) is 6.54 Å². The minimum Gasteiger partial charge on any atom is -0.480 e. The molecule has 0 radical (unpaired) electrons. The van der Waals surface area contributed by atoms with Crippen LogP contribution in [-0.2, 0) is 9.59 Å².